The fourth-order valence-electron chi connectivity index (χ4n) is 1.94. The van der Waals surface area contributed by atoms with Crippen LogP contribution in [0.5, 0.6) is 0 Å². The van der Waals surface area contributed by atoms with Crippen LogP contribution in [0.1, 0.15) is 35.6 Å². The molecular formula is C14H18N4O3S. The third-order valence-electron chi connectivity index (χ3n) is 3.43. The largest absolute Gasteiger partial charge is 0.480 e. The smallest absolute Gasteiger partial charge is 0.326 e. The number of nitrogens with zero attached hydrogens (tertiary/aromatic N) is 3. The summed E-state index contributed by atoms with van der Waals surface area (Å²) < 4.78 is 1.56. The molecule has 1 amide bonds. The SMILES string of the molecule is CC[C@H](C)[C@H](NC(=O)c1cn(Cc2cccs2)nn1)C(=O)O. The lowest BCUT2D eigenvalue weighted by Gasteiger charge is -2.19. The highest BCUT2D eigenvalue weighted by Gasteiger charge is 2.26. The number of aromatic nitrogens is 3. The maximum absolute atomic E-state index is 12.1. The lowest BCUT2D eigenvalue weighted by molar-refractivity contribution is -0.140. The molecule has 0 radical (unpaired) electrons. The highest BCUT2D eigenvalue weighted by Crippen LogP contribution is 2.11. The van der Waals surface area contributed by atoms with Crippen molar-refractivity contribution in [3.63, 3.8) is 0 Å². The molecule has 0 bridgehead atoms. The van der Waals surface area contributed by atoms with Crippen molar-refractivity contribution >= 4 is 23.2 Å². The van der Waals surface area contributed by atoms with Gasteiger partial charge in [0.05, 0.1) is 12.7 Å². The number of amides is 1. The van der Waals surface area contributed by atoms with Gasteiger partial charge >= 0.3 is 5.97 Å². The van der Waals surface area contributed by atoms with Crippen LogP contribution in [0.2, 0.25) is 0 Å². The summed E-state index contributed by atoms with van der Waals surface area (Å²) in [5, 5.41) is 21.4. The molecule has 22 heavy (non-hydrogen) atoms. The monoisotopic (exact) mass is 322 g/mol. The maximum atomic E-state index is 12.1. The molecular weight excluding hydrogens is 304 g/mol. The first-order valence-electron chi connectivity index (χ1n) is 6.97. The molecule has 0 aliphatic carbocycles. The molecule has 0 unspecified atom stereocenters. The molecule has 2 aromatic rings. The predicted octanol–water partition coefficient (Wildman–Crippen LogP) is 1.62. The van der Waals surface area contributed by atoms with Crippen molar-refractivity contribution in [3.05, 3.63) is 34.3 Å². The summed E-state index contributed by atoms with van der Waals surface area (Å²) in [6.07, 6.45) is 2.17. The first-order chi connectivity index (χ1) is 10.5. The van der Waals surface area contributed by atoms with Crippen molar-refractivity contribution in [3.8, 4) is 0 Å². The summed E-state index contributed by atoms with van der Waals surface area (Å²) >= 11 is 1.59. The molecule has 0 aliphatic heterocycles. The summed E-state index contributed by atoms with van der Waals surface area (Å²) in [6.45, 7) is 4.20. The van der Waals surface area contributed by atoms with E-state index in [1.165, 1.54) is 6.20 Å². The first-order valence-corrected chi connectivity index (χ1v) is 7.85. The van der Waals surface area contributed by atoms with E-state index in [0.717, 1.165) is 4.88 Å². The van der Waals surface area contributed by atoms with Gasteiger partial charge in [0.15, 0.2) is 5.69 Å². The van der Waals surface area contributed by atoms with E-state index in [1.54, 1.807) is 22.9 Å². The number of carbonyl (C=O) groups excluding carboxylic acids is 1. The second kappa shape index (κ2) is 7.17. The number of nitrogens with one attached hydrogen (secondary N) is 1. The number of hydrogen-bond donors (Lipinski definition) is 2. The summed E-state index contributed by atoms with van der Waals surface area (Å²) in [4.78, 5) is 24.4. The van der Waals surface area contributed by atoms with Gasteiger partial charge in [-0.25, -0.2) is 9.48 Å². The number of rotatable bonds is 7. The van der Waals surface area contributed by atoms with E-state index in [9.17, 15) is 14.7 Å². The minimum Gasteiger partial charge on any atom is -0.480 e. The molecule has 2 atom stereocenters. The van der Waals surface area contributed by atoms with E-state index in [4.69, 9.17) is 0 Å². The fourth-order valence-corrected chi connectivity index (χ4v) is 2.64. The molecule has 0 spiro atoms. The van der Waals surface area contributed by atoms with Crippen molar-refractivity contribution in [2.75, 3.05) is 0 Å². The summed E-state index contributed by atoms with van der Waals surface area (Å²) in [7, 11) is 0. The lowest BCUT2D eigenvalue weighted by atomic mass is 9.99. The molecule has 8 heteroatoms. The highest BCUT2D eigenvalue weighted by molar-refractivity contribution is 7.09. The number of aliphatic carboxylic acids is 1. The van der Waals surface area contributed by atoms with Gasteiger partial charge in [-0.3, -0.25) is 4.79 Å². The van der Waals surface area contributed by atoms with E-state index in [-0.39, 0.29) is 11.6 Å². The molecule has 2 rings (SSSR count). The Morgan fingerprint density at radius 1 is 1.50 bits per heavy atom. The van der Waals surface area contributed by atoms with Gasteiger partial charge in [-0.15, -0.1) is 16.4 Å². The fraction of sp³-hybridized carbons (Fsp3) is 0.429. The highest BCUT2D eigenvalue weighted by atomic mass is 32.1. The molecule has 2 N–H and O–H groups in total. The summed E-state index contributed by atoms with van der Waals surface area (Å²) in [5.41, 5.74) is 0.117. The van der Waals surface area contributed by atoms with Crippen LogP contribution >= 0.6 is 11.3 Å². The third kappa shape index (κ3) is 3.91. The van der Waals surface area contributed by atoms with E-state index in [1.807, 2.05) is 24.4 Å². The Kier molecular flexibility index (Phi) is 5.26. The van der Waals surface area contributed by atoms with Crippen LogP contribution in [-0.2, 0) is 11.3 Å². The van der Waals surface area contributed by atoms with Gasteiger partial charge in [-0.2, -0.15) is 0 Å². The van der Waals surface area contributed by atoms with Crippen molar-refractivity contribution in [1.29, 1.82) is 0 Å². The van der Waals surface area contributed by atoms with Gasteiger partial charge in [0, 0.05) is 4.88 Å². The topological polar surface area (TPSA) is 97.1 Å². The minimum atomic E-state index is -1.05. The van der Waals surface area contributed by atoms with E-state index in [2.05, 4.69) is 15.6 Å². The standard InChI is InChI=1S/C14H18N4O3S/c1-3-9(2)12(14(20)21)15-13(19)11-8-18(17-16-11)7-10-5-4-6-22-10/h4-6,8-9,12H,3,7H2,1-2H3,(H,15,19)(H,20,21)/t9-,12-/m0/s1. The number of hydrogen-bond acceptors (Lipinski definition) is 5. The van der Waals surface area contributed by atoms with Crippen molar-refractivity contribution in [1.82, 2.24) is 20.3 Å². The molecule has 0 fully saturated rings. The van der Waals surface area contributed by atoms with Crippen molar-refractivity contribution in [2.24, 2.45) is 5.92 Å². The summed E-state index contributed by atoms with van der Waals surface area (Å²) in [6, 6.07) is 2.98. The zero-order valence-electron chi connectivity index (χ0n) is 12.4. The third-order valence-corrected chi connectivity index (χ3v) is 4.30. The Hall–Kier alpha value is -2.22. The van der Waals surface area contributed by atoms with Crippen LogP contribution in [0.4, 0.5) is 0 Å². The number of carboxylic acid groups (broad SMARTS) is 1. The number of carboxylic acids is 1. The molecule has 0 aromatic carbocycles. The number of thiophene rings is 1. The maximum Gasteiger partial charge on any atom is 0.326 e. The second-order valence-electron chi connectivity index (χ2n) is 5.06. The Labute approximate surface area is 132 Å². The molecule has 0 saturated heterocycles. The predicted molar refractivity (Wildman–Crippen MR) is 81.8 cm³/mol. The van der Waals surface area contributed by atoms with E-state index in [0.29, 0.717) is 13.0 Å². The van der Waals surface area contributed by atoms with Crippen molar-refractivity contribution in [2.45, 2.75) is 32.9 Å². The normalized spacial score (nSPS) is 13.5. The van der Waals surface area contributed by atoms with E-state index >= 15 is 0 Å². The zero-order valence-corrected chi connectivity index (χ0v) is 13.2. The van der Waals surface area contributed by atoms with Gasteiger partial charge < -0.3 is 10.4 Å². The van der Waals surface area contributed by atoms with Crippen LogP contribution in [0.3, 0.4) is 0 Å². The average molecular weight is 322 g/mol. The van der Waals surface area contributed by atoms with Crippen LogP contribution in [0.15, 0.2) is 23.7 Å². The van der Waals surface area contributed by atoms with Gasteiger partial charge in [-0.1, -0.05) is 31.5 Å². The summed E-state index contributed by atoms with van der Waals surface area (Å²) in [5.74, 6) is -1.73. The zero-order chi connectivity index (χ0) is 16.1. The van der Waals surface area contributed by atoms with Crippen LogP contribution in [0, 0.1) is 5.92 Å². The van der Waals surface area contributed by atoms with Crippen LogP contribution in [0.25, 0.3) is 0 Å². The molecule has 118 valence electrons. The molecule has 7 nitrogen and oxygen atoms in total. The quantitative estimate of drug-likeness (QED) is 0.807. The Morgan fingerprint density at radius 2 is 2.27 bits per heavy atom. The van der Waals surface area contributed by atoms with Crippen LogP contribution < -0.4 is 5.32 Å². The second-order valence-corrected chi connectivity index (χ2v) is 6.09. The van der Waals surface area contributed by atoms with Crippen molar-refractivity contribution < 1.29 is 14.7 Å². The van der Waals surface area contributed by atoms with Gasteiger partial charge in [0.25, 0.3) is 5.91 Å². The number of carbonyl (C=O) groups is 2. The Morgan fingerprint density at radius 3 is 2.86 bits per heavy atom. The molecule has 2 heterocycles. The molecule has 0 saturated carbocycles. The molecule has 0 aliphatic rings. The van der Waals surface area contributed by atoms with Crippen LogP contribution in [-0.4, -0.2) is 38.0 Å². The average Bonchev–Trinajstić information content (AvgIpc) is 3.15. The van der Waals surface area contributed by atoms with Gasteiger partial charge in [-0.05, 0) is 17.4 Å². The Bertz CT molecular complexity index is 638. The van der Waals surface area contributed by atoms with Gasteiger partial charge in [0.2, 0.25) is 0 Å². The lowest BCUT2D eigenvalue weighted by Crippen LogP contribution is -2.45. The minimum absolute atomic E-state index is 0.117. The van der Waals surface area contributed by atoms with Gasteiger partial charge in [0.1, 0.15) is 6.04 Å². The van der Waals surface area contributed by atoms with E-state index < -0.39 is 17.9 Å². The molecule has 2 aromatic heterocycles. The first kappa shape index (κ1) is 16.2. The Balaban J connectivity index is 2.03.